The quantitative estimate of drug-likeness (QED) is 0.538. The van der Waals surface area contributed by atoms with Gasteiger partial charge in [-0.2, -0.15) is 0 Å². The zero-order chi connectivity index (χ0) is 20.9. The van der Waals surface area contributed by atoms with E-state index in [-0.39, 0.29) is 22.7 Å². The highest BCUT2D eigenvalue weighted by molar-refractivity contribution is 6.41. The summed E-state index contributed by atoms with van der Waals surface area (Å²) in [5.74, 6) is 0.194. The van der Waals surface area contributed by atoms with E-state index in [1.165, 1.54) is 5.57 Å². The first-order valence-electron chi connectivity index (χ1n) is 9.88. The Bertz CT molecular complexity index is 1070. The molecule has 0 aromatic heterocycles. The van der Waals surface area contributed by atoms with Gasteiger partial charge in [0, 0.05) is 40.6 Å². The van der Waals surface area contributed by atoms with E-state index in [9.17, 15) is 9.59 Å². The predicted octanol–water partition coefficient (Wildman–Crippen LogP) is 5.18. The molecule has 0 saturated carbocycles. The molecule has 0 unspecified atom stereocenters. The zero-order valence-corrected chi connectivity index (χ0v) is 17.5. The van der Waals surface area contributed by atoms with Crippen molar-refractivity contribution >= 4 is 28.9 Å². The maximum Gasteiger partial charge on any atom is 0.197 e. The summed E-state index contributed by atoms with van der Waals surface area (Å²) in [6.07, 6.45) is 3.93. The summed E-state index contributed by atoms with van der Waals surface area (Å²) in [5.41, 5.74) is 5.12. The average molecular weight is 387 g/mol. The molecule has 4 heteroatoms. The monoisotopic (exact) mass is 387 g/mol. The summed E-state index contributed by atoms with van der Waals surface area (Å²) < 4.78 is 5.65. The van der Waals surface area contributed by atoms with Crippen LogP contribution >= 0.6 is 0 Å². The van der Waals surface area contributed by atoms with Crippen LogP contribution in [0.3, 0.4) is 0 Å². The molecule has 0 amide bonds. The fourth-order valence-corrected chi connectivity index (χ4v) is 4.55. The first-order chi connectivity index (χ1) is 13.8. The molecule has 148 valence electrons. The van der Waals surface area contributed by atoms with Crippen LogP contribution < -0.4 is 9.64 Å². The van der Waals surface area contributed by atoms with Gasteiger partial charge in [-0.25, -0.2) is 0 Å². The Morgan fingerprint density at radius 1 is 1.03 bits per heavy atom. The summed E-state index contributed by atoms with van der Waals surface area (Å²) in [6.45, 7) is 9.48. The number of ketones is 2. The third-order valence-corrected chi connectivity index (χ3v) is 5.85. The fourth-order valence-electron chi connectivity index (χ4n) is 4.55. The second kappa shape index (κ2) is 6.73. The number of hydrogen-bond donors (Lipinski definition) is 0. The second-order valence-electron chi connectivity index (χ2n) is 8.10. The number of anilines is 1. The van der Waals surface area contributed by atoms with E-state index in [0.717, 1.165) is 23.4 Å². The van der Waals surface area contributed by atoms with Gasteiger partial charge < -0.3 is 9.64 Å². The van der Waals surface area contributed by atoms with Gasteiger partial charge in [0.05, 0.1) is 18.2 Å². The predicted molar refractivity (Wildman–Crippen MR) is 117 cm³/mol. The molecule has 4 rings (SSSR count). The van der Waals surface area contributed by atoms with E-state index in [1.807, 2.05) is 12.1 Å². The smallest absolute Gasteiger partial charge is 0.197 e. The van der Waals surface area contributed by atoms with Crippen LogP contribution in [0.2, 0.25) is 0 Å². The Balaban J connectivity index is 1.87. The van der Waals surface area contributed by atoms with Crippen LogP contribution in [0.4, 0.5) is 5.69 Å². The van der Waals surface area contributed by atoms with Gasteiger partial charge in [-0.05, 0) is 45.4 Å². The van der Waals surface area contributed by atoms with Crippen LogP contribution in [-0.2, 0) is 0 Å². The largest absolute Gasteiger partial charge is 0.496 e. The van der Waals surface area contributed by atoms with Gasteiger partial charge in [0.15, 0.2) is 11.6 Å². The Hall–Kier alpha value is -3.14. The number of allylic oxidation sites excluding steroid dienone is 2. The molecule has 2 aromatic rings. The van der Waals surface area contributed by atoms with Crippen molar-refractivity contribution in [2.24, 2.45) is 0 Å². The minimum absolute atomic E-state index is 0.101. The molecule has 0 saturated heterocycles. The molecule has 2 aliphatic rings. The lowest BCUT2D eigenvalue weighted by Crippen LogP contribution is -2.44. The molecule has 0 bridgehead atoms. The lowest BCUT2D eigenvalue weighted by atomic mass is 9.87. The highest BCUT2D eigenvalue weighted by atomic mass is 16.5. The molecular weight excluding hydrogens is 362 g/mol. The molecule has 1 heterocycles. The van der Waals surface area contributed by atoms with Crippen molar-refractivity contribution in [2.75, 3.05) is 18.6 Å². The fraction of sp³-hybridized carbons (Fsp3) is 0.280. The SMILES string of the molecule is CCN1c2cc(OC)c(C=C3C(=O)c4ccccc4C3=O)cc2C(C)=CC1(C)C. The number of nitrogens with zero attached hydrogens (tertiary/aromatic N) is 1. The molecule has 29 heavy (non-hydrogen) atoms. The van der Waals surface area contributed by atoms with Gasteiger partial charge in [0.25, 0.3) is 0 Å². The van der Waals surface area contributed by atoms with Gasteiger partial charge in [-0.1, -0.05) is 30.3 Å². The Morgan fingerprint density at radius 2 is 1.66 bits per heavy atom. The number of fused-ring (bicyclic) bond motifs is 2. The first-order valence-corrected chi connectivity index (χ1v) is 9.88. The minimum Gasteiger partial charge on any atom is -0.496 e. The van der Waals surface area contributed by atoms with Gasteiger partial charge in [0.2, 0.25) is 0 Å². The third kappa shape index (κ3) is 2.91. The van der Waals surface area contributed by atoms with Crippen LogP contribution in [0.5, 0.6) is 5.75 Å². The highest BCUT2D eigenvalue weighted by Gasteiger charge is 2.34. The van der Waals surface area contributed by atoms with Crippen molar-refractivity contribution < 1.29 is 14.3 Å². The molecule has 0 spiro atoms. The summed E-state index contributed by atoms with van der Waals surface area (Å²) in [4.78, 5) is 27.9. The Morgan fingerprint density at radius 3 is 2.21 bits per heavy atom. The van der Waals surface area contributed by atoms with Gasteiger partial charge in [-0.3, -0.25) is 9.59 Å². The molecular formula is C25H25NO3. The Kier molecular flexibility index (Phi) is 4.45. The van der Waals surface area contributed by atoms with E-state index in [4.69, 9.17) is 4.74 Å². The van der Waals surface area contributed by atoms with Crippen molar-refractivity contribution in [2.45, 2.75) is 33.2 Å². The van der Waals surface area contributed by atoms with Crippen molar-refractivity contribution in [1.82, 2.24) is 0 Å². The standard InChI is InChI=1S/C25H25NO3/c1-6-26-21-13-22(29-5)16(11-19(21)15(2)14-25(26,3)4)12-20-23(27)17-9-7-8-10-18(17)24(20)28/h7-14H,6H2,1-5H3. The second-order valence-corrected chi connectivity index (χ2v) is 8.10. The maximum absolute atomic E-state index is 12.8. The number of Topliss-reactive ketones (excluding diaryl/α,β-unsaturated/α-hetero) is 2. The molecule has 0 radical (unpaired) electrons. The van der Waals surface area contributed by atoms with Gasteiger partial charge >= 0.3 is 0 Å². The summed E-state index contributed by atoms with van der Waals surface area (Å²) in [5, 5.41) is 0. The van der Waals surface area contributed by atoms with Crippen molar-refractivity contribution in [3.8, 4) is 5.75 Å². The molecule has 4 nitrogen and oxygen atoms in total. The first kappa shape index (κ1) is 19.2. The summed E-state index contributed by atoms with van der Waals surface area (Å²) >= 11 is 0. The van der Waals surface area contributed by atoms with Crippen LogP contribution in [0.1, 0.15) is 59.5 Å². The normalized spacial score (nSPS) is 17.1. The number of carbonyl (C=O) groups excluding carboxylic acids is 2. The molecule has 0 N–H and O–H groups in total. The zero-order valence-electron chi connectivity index (χ0n) is 17.5. The molecule has 1 aliphatic heterocycles. The summed E-state index contributed by atoms with van der Waals surface area (Å²) in [7, 11) is 1.61. The number of hydrogen-bond acceptors (Lipinski definition) is 4. The van der Waals surface area contributed by atoms with Crippen molar-refractivity contribution in [3.63, 3.8) is 0 Å². The van der Waals surface area contributed by atoms with E-state index in [0.29, 0.717) is 16.9 Å². The topological polar surface area (TPSA) is 46.6 Å². The number of likely N-dealkylation sites (N-methyl/N-ethyl adjacent to an activating group) is 1. The van der Waals surface area contributed by atoms with Crippen LogP contribution in [0.15, 0.2) is 48.0 Å². The number of methoxy groups -OCH3 is 1. The van der Waals surface area contributed by atoms with E-state index >= 15 is 0 Å². The lowest BCUT2D eigenvalue weighted by molar-refractivity contribution is 0.0990. The van der Waals surface area contributed by atoms with Gasteiger partial charge in [0.1, 0.15) is 5.75 Å². The van der Waals surface area contributed by atoms with Crippen LogP contribution in [0, 0.1) is 0 Å². The maximum atomic E-state index is 12.8. The molecule has 0 atom stereocenters. The average Bonchev–Trinajstić information content (AvgIpc) is 2.93. The third-order valence-electron chi connectivity index (χ3n) is 5.85. The van der Waals surface area contributed by atoms with Gasteiger partial charge in [-0.15, -0.1) is 0 Å². The van der Waals surface area contributed by atoms with Crippen molar-refractivity contribution in [3.05, 3.63) is 70.3 Å². The number of benzene rings is 2. The lowest BCUT2D eigenvalue weighted by Gasteiger charge is -2.43. The number of ether oxygens (including phenoxy) is 1. The number of carbonyl (C=O) groups is 2. The Labute approximate surface area is 171 Å². The van der Waals surface area contributed by atoms with Crippen LogP contribution in [-0.4, -0.2) is 30.8 Å². The van der Waals surface area contributed by atoms with Crippen molar-refractivity contribution in [1.29, 1.82) is 0 Å². The minimum atomic E-state index is -0.228. The summed E-state index contributed by atoms with van der Waals surface area (Å²) in [6, 6.07) is 11.0. The van der Waals surface area contributed by atoms with E-state index in [2.05, 4.69) is 38.7 Å². The van der Waals surface area contributed by atoms with Crippen LogP contribution in [0.25, 0.3) is 11.6 Å². The molecule has 1 aliphatic carbocycles. The van der Waals surface area contributed by atoms with E-state index < -0.39 is 0 Å². The molecule has 2 aromatic carbocycles. The van der Waals surface area contributed by atoms with E-state index in [1.54, 1.807) is 37.5 Å². The number of rotatable bonds is 3. The highest BCUT2D eigenvalue weighted by Crippen LogP contribution is 2.43. The molecule has 0 fully saturated rings.